The standard InChI is InChI=1S/C11H12N2OS/c1-15-11-12-9(7-10(14)13-11)8-5-3-2-4-6-8/h2-6,9H,7H2,1H3,(H,12,13,14)/t9-/m1/s1. The monoisotopic (exact) mass is 220 g/mol. The minimum atomic E-state index is -0.0256. The minimum Gasteiger partial charge on any atom is -0.305 e. The van der Waals surface area contributed by atoms with Crippen molar-refractivity contribution in [2.24, 2.45) is 4.99 Å². The molecule has 0 aliphatic carbocycles. The molecule has 1 N–H and O–H groups in total. The lowest BCUT2D eigenvalue weighted by Gasteiger charge is -2.19. The summed E-state index contributed by atoms with van der Waals surface area (Å²) in [6.07, 6.45) is 2.35. The van der Waals surface area contributed by atoms with Crippen molar-refractivity contribution in [2.75, 3.05) is 6.26 Å². The summed E-state index contributed by atoms with van der Waals surface area (Å²) in [5, 5.41) is 3.45. The van der Waals surface area contributed by atoms with E-state index in [2.05, 4.69) is 10.3 Å². The number of hydrogen-bond acceptors (Lipinski definition) is 3. The van der Waals surface area contributed by atoms with Crippen molar-refractivity contribution in [3.8, 4) is 0 Å². The van der Waals surface area contributed by atoms with Gasteiger partial charge in [0.15, 0.2) is 5.17 Å². The Hall–Kier alpha value is -1.29. The number of amidine groups is 1. The van der Waals surface area contributed by atoms with Crippen LogP contribution in [-0.4, -0.2) is 17.3 Å². The van der Waals surface area contributed by atoms with Crippen LogP contribution in [0.1, 0.15) is 18.0 Å². The molecule has 78 valence electrons. The molecule has 0 radical (unpaired) electrons. The summed E-state index contributed by atoms with van der Waals surface area (Å²) in [6, 6.07) is 9.88. The van der Waals surface area contributed by atoms with Gasteiger partial charge in [-0.3, -0.25) is 9.79 Å². The predicted molar refractivity (Wildman–Crippen MR) is 62.9 cm³/mol. The van der Waals surface area contributed by atoms with Crippen molar-refractivity contribution in [3.05, 3.63) is 35.9 Å². The maximum atomic E-state index is 11.4. The van der Waals surface area contributed by atoms with Crippen LogP contribution in [0.25, 0.3) is 0 Å². The summed E-state index contributed by atoms with van der Waals surface area (Å²) in [5.41, 5.74) is 1.10. The molecule has 15 heavy (non-hydrogen) atoms. The highest BCUT2D eigenvalue weighted by Crippen LogP contribution is 2.24. The second-order valence-electron chi connectivity index (χ2n) is 3.32. The van der Waals surface area contributed by atoms with Crippen LogP contribution in [0.3, 0.4) is 0 Å². The Bertz CT molecular complexity index is 389. The Kier molecular flexibility index (Phi) is 3.06. The second-order valence-corrected chi connectivity index (χ2v) is 4.11. The van der Waals surface area contributed by atoms with Crippen LogP contribution in [0, 0.1) is 0 Å². The molecule has 3 nitrogen and oxygen atoms in total. The Balaban J connectivity index is 2.26. The second kappa shape index (κ2) is 4.49. The number of aliphatic imine (C=N–C) groups is 1. The number of carbonyl (C=O) groups is 1. The molecule has 0 unspecified atom stereocenters. The first-order valence-corrected chi connectivity index (χ1v) is 5.98. The minimum absolute atomic E-state index is 0.0256. The van der Waals surface area contributed by atoms with Crippen LogP contribution < -0.4 is 5.32 Å². The molecule has 1 aromatic carbocycles. The average molecular weight is 220 g/mol. The van der Waals surface area contributed by atoms with E-state index in [1.54, 1.807) is 0 Å². The maximum Gasteiger partial charge on any atom is 0.228 e. The molecule has 0 saturated carbocycles. The van der Waals surface area contributed by atoms with Crippen molar-refractivity contribution in [1.82, 2.24) is 5.32 Å². The highest BCUT2D eigenvalue weighted by atomic mass is 32.2. The third-order valence-electron chi connectivity index (χ3n) is 2.28. The van der Waals surface area contributed by atoms with E-state index in [4.69, 9.17) is 0 Å². The normalized spacial score (nSPS) is 20.7. The number of amides is 1. The lowest BCUT2D eigenvalue weighted by atomic mass is 10.0. The molecule has 4 heteroatoms. The summed E-state index contributed by atoms with van der Waals surface area (Å²) >= 11 is 1.47. The average Bonchev–Trinajstić information content (AvgIpc) is 2.29. The van der Waals surface area contributed by atoms with Gasteiger partial charge < -0.3 is 5.32 Å². The lowest BCUT2D eigenvalue weighted by molar-refractivity contribution is -0.120. The number of hydrogen-bond donors (Lipinski definition) is 1. The van der Waals surface area contributed by atoms with Gasteiger partial charge in [-0.2, -0.15) is 0 Å². The van der Waals surface area contributed by atoms with Crippen molar-refractivity contribution in [1.29, 1.82) is 0 Å². The topological polar surface area (TPSA) is 41.5 Å². The molecular formula is C11H12N2OS. The Labute approximate surface area is 93.0 Å². The van der Waals surface area contributed by atoms with Gasteiger partial charge in [-0.1, -0.05) is 42.1 Å². The fourth-order valence-corrected chi connectivity index (χ4v) is 1.99. The van der Waals surface area contributed by atoms with Gasteiger partial charge in [-0.15, -0.1) is 0 Å². The van der Waals surface area contributed by atoms with Crippen LogP contribution in [0.2, 0.25) is 0 Å². The quantitative estimate of drug-likeness (QED) is 0.786. The molecule has 1 aliphatic rings. The number of rotatable bonds is 1. The summed E-state index contributed by atoms with van der Waals surface area (Å²) in [7, 11) is 0. The Morgan fingerprint density at radius 2 is 2.13 bits per heavy atom. The van der Waals surface area contributed by atoms with Crippen LogP contribution >= 0.6 is 11.8 Å². The molecule has 1 aromatic rings. The number of nitrogens with one attached hydrogen (secondary N) is 1. The first kappa shape index (κ1) is 10.2. The van der Waals surface area contributed by atoms with E-state index < -0.39 is 0 Å². The van der Waals surface area contributed by atoms with E-state index in [1.807, 2.05) is 36.6 Å². The molecule has 1 aliphatic heterocycles. The van der Waals surface area contributed by atoms with Crippen LogP contribution in [-0.2, 0) is 4.79 Å². The molecule has 0 saturated heterocycles. The van der Waals surface area contributed by atoms with Gasteiger partial charge in [0.2, 0.25) is 5.91 Å². The number of carbonyl (C=O) groups excluding carboxylic acids is 1. The smallest absolute Gasteiger partial charge is 0.228 e. The summed E-state index contributed by atoms with van der Waals surface area (Å²) in [5.74, 6) is 0.0446. The highest BCUT2D eigenvalue weighted by molar-refractivity contribution is 8.13. The third-order valence-corrected chi connectivity index (χ3v) is 2.87. The van der Waals surface area contributed by atoms with Crippen molar-refractivity contribution in [3.63, 3.8) is 0 Å². The third kappa shape index (κ3) is 2.39. The molecule has 1 amide bonds. The number of thioether (sulfide) groups is 1. The zero-order valence-corrected chi connectivity index (χ0v) is 9.25. The van der Waals surface area contributed by atoms with Gasteiger partial charge >= 0.3 is 0 Å². The van der Waals surface area contributed by atoms with Crippen molar-refractivity contribution >= 4 is 22.8 Å². The van der Waals surface area contributed by atoms with Crippen LogP contribution in [0.4, 0.5) is 0 Å². The molecule has 1 heterocycles. The molecule has 0 bridgehead atoms. The Morgan fingerprint density at radius 3 is 2.80 bits per heavy atom. The van der Waals surface area contributed by atoms with E-state index in [0.29, 0.717) is 11.6 Å². The van der Waals surface area contributed by atoms with E-state index in [0.717, 1.165) is 5.56 Å². The molecule has 0 spiro atoms. The van der Waals surface area contributed by atoms with Gasteiger partial charge in [0.25, 0.3) is 0 Å². The van der Waals surface area contributed by atoms with E-state index >= 15 is 0 Å². The number of nitrogens with zero attached hydrogens (tertiary/aromatic N) is 1. The first-order valence-electron chi connectivity index (χ1n) is 4.76. The fourth-order valence-electron chi connectivity index (χ4n) is 1.54. The van der Waals surface area contributed by atoms with Gasteiger partial charge in [0, 0.05) is 0 Å². The summed E-state index contributed by atoms with van der Waals surface area (Å²) in [4.78, 5) is 15.9. The summed E-state index contributed by atoms with van der Waals surface area (Å²) in [6.45, 7) is 0. The predicted octanol–water partition coefficient (Wildman–Crippen LogP) is 1.97. The highest BCUT2D eigenvalue weighted by Gasteiger charge is 2.21. The van der Waals surface area contributed by atoms with Crippen molar-refractivity contribution in [2.45, 2.75) is 12.5 Å². The van der Waals surface area contributed by atoms with Gasteiger partial charge in [-0.25, -0.2) is 0 Å². The van der Waals surface area contributed by atoms with Crippen molar-refractivity contribution < 1.29 is 4.79 Å². The van der Waals surface area contributed by atoms with E-state index in [1.165, 1.54) is 11.8 Å². The molecule has 0 fully saturated rings. The zero-order valence-electron chi connectivity index (χ0n) is 8.43. The largest absolute Gasteiger partial charge is 0.305 e. The zero-order chi connectivity index (χ0) is 10.7. The molecule has 2 rings (SSSR count). The SMILES string of the molecule is CSC1=N[C@@H](c2ccccc2)CC(=O)N1. The summed E-state index contributed by atoms with van der Waals surface area (Å²) < 4.78 is 0. The number of benzene rings is 1. The van der Waals surface area contributed by atoms with Gasteiger partial charge in [0.1, 0.15) is 0 Å². The molecule has 1 atom stereocenters. The lowest BCUT2D eigenvalue weighted by Crippen LogP contribution is -2.33. The van der Waals surface area contributed by atoms with Crippen LogP contribution in [0.15, 0.2) is 35.3 Å². The van der Waals surface area contributed by atoms with Gasteiger partial charge in [-0.05, 0) is 11.8 Å². The first-order chi connectivity index (χ1) is 7.29. The molecule has 0 aromatic heterocycles. The molecular weight excluding hydrogens is 208 g/mol. The van der Waals surface area contributed by atoms with Crippen LogP contribution in [0.5, 0.6) is 0 Å². The maximum absolute atomic E-state index is 11.4. The Morgan fingerprint density at radius 1 is 1.40 bits per heavy atom. The van der Waals surface area contributed by atoms with E-state index in [-0.39, 0.29) is 11.9 Å². The fraction of sp³-hybridized carbons (Fsp3) is 0.273. The van der Waals surface area contributed by atoms with E-state index in [9.17, 15) is 4.79 Å². The van der Waals surface area contributed by atoms with Gasteiger partial charge in [0.05, 0.1) is 12.5 Å².